The lowest BCUT2D eigenvalue weighted by Gasteiger charge is -2.19. The number of hydrogen-bond donors (Lipinski definition) is 3. The van der Waals surface area contributed by atoms with Crippen LogP contribution in [0.25, 0.3) is 0 Å². The third kappa shape index (κ3) is 2.56. The summed E-state index contributed by atoms with van der Waals surface area (Å²) in [4.78, 5) is 11.5. The molecule has 0 radical (unpaired) electrons. The second-order valence-electron chi connectivity index (χ2n) is 4.25. The van der Waals surface area contributed by atoms with Gasteiger partial charge in [0.05, 0.1) is 12.3 Å². The maximum atomic E-state index is 13.7. The molecule has 0 saturated carbocycles. The molecule has 0 fully saturated rings. The minimum absolute atomic E-state index is 0.0555. The predicted molar refractivity (Wildman–Crippen MR) is 69.9 cm³/mol. The van der Waals surface area contributed by atoms with Gasteiger partial charge in [0.2, 0.25) is 5.43 Å². The van der Waals surface area contributed by atoms with E-state index >= 15 is 0 Å². The summed E-state index contributed by atoms with van der Waals surface area (Å²) in [6.45, 7) is -0.187. The summed E-state index contributed by atoms with van der Waals surface area (Å²) in [5.41, 5.74) is -0.874. The van der Waals surface area contributed by atoms with Gasteiger partial charge in [-0.3, -0.25) is 4.79 Å². The molecule has 106 valence electrons. The highest BCUT2D eigenvalue weighted by Gasteiger charge is 2.22. The Kier molecular flexibility index (Phi) is 4.16. The van der Waals surface area contributed by atoms with E-state index in [1.54, 1.807) is 0 Å². The standard InChI is InChI=1S/C14H14FNO4/c15-10-4-2-1-3-9(10)13(19)12-14(20)11(18)5-6-16(12)7-8-17/h1-6,13,17,19-20H,7-8H2. The number of aliphatic hydroxyl groups is 2. The highest BCUT2D eigenvalue weighted by Crippen LogP contribution is 2.28. The highest BCUT2D eigenvalue weighted by molar-refractivity contribution is 5.35. The lowest BCUT2D eigenvalue weighted by Crippen LogP contribution is -2.18. The Hall–Kier alpha value is -2.18. The number of nitrogens with zero attached hydrogens (tertiary/aromatic N) is 1. The molecule has 5 nitrogen and oxygen atoms in total. The largest absolute Gasteiger partial charge is 0.503 e. The highest BCUT2D eigenvalue weighted by atomic mass is 19.1. The van der Waals surface area contributed by atoms with E-state index in [0.717, 1.165) is 6.07 Å². The summed E-state index contributed by atoms with van der Waals surface area (Å²) < 4.78 is 15.0. The molecule has 1 heterocycles. The van der Waals surface area contributed by atoms with Gasteiger partial charge >= 0.3 is 0 Å². The van der Waals surface area contributed by atoms with E-state index in [0.29, 0.717) is 0 Å². The predicted octanol–water partition coefficient (Wildman–Crippen LogP) is 0.767. The van der Waals surface area contributed by atoms with Gasteiger partial charge in [-0.1, -0.05) is 18.2 Å². The van der Waals surface area contributed by atoms with E-state index in [-0.39, 0.29) is 24.4 Å². The van der Waals surface area contributed by atoms with Crippen LogP contribution >= 0.6 is 0 Å². The SMILES string of the molecule is O=c1ccn(CCO)c(C(O)c2ccccc2F)c1O. The second kappa shape index (κ2) is 5.85. The normalized spacial score (nSPS) is 12.3. The van der Waals surface area contributed by atoms with Crippen LogP contribution < -0.4 is 5.43 Å². The molecular weight excluding hydrogens is 265 g/mol. The van der Waals surface area contributed by atoms with Gasteiger partial charge < -0.3 is 19.9 Å². The molecule has 0 aliphatic heterocycles. The van der Waals surface area contributed by atoms with Crippen LogP contribution in [0, 0.1) is 5.82 Å². The summed E-state index contributed by atoms with van der Waals surface area (Å²) >= 11 is 0. The fourth-order valence-corrected chi connectivity index (χ4v) is 2.01. The zero-order valence-corrected chi connectivity index (χ0v) is 10.5. The molecule has 2 rings (SSSR count). The van der Waals surface area contributed by atoms with E-state index in [1.165, 1.54) is 35.0 Å². The van der Waals surface area contributed by atoms with Gasteiger partial charge in [0.1, 0.15) is 11.9 Å². The maximum absolute atomic E-state index is 13.7. The van der Waals surface area contributed by atoms with Gasteiger partial charge in [-0.25, -0.2) is 4.39 Å². The summed E-state index contributed by atoms with van der Waals surface area (Å²) in [7, 11) is 0. The first kappa shape index (κ1) is 14.2. The topological polar surface area (TPSA) is 82.7 Å². The van der Waals surface area contributed by atoms with Crippen molar-refractivity contribution in [2.24, 2.45) is 0 Å². The Morgan fingerprint density at radius 3 is 2.60 bits per heavy atom. The molecule has 0 aliphatic carbocycles. The Balaban J connectivity index is 2.59. The van der Waals surface area contributed by atoms with Crippen LogP contribution in [0.5, 0.6) is 5.75 Å². The second-order valence-corrected chi connectivity index (χ2v) is 4.25. The van der Waals surface area contributed by atoms with E-state index in [1.807, 2.05) is 0 Å². The van der Waals surface area contributed by atoms with Crippen LogP contribution in [0.15, 0.2) is 41.3 Å². The summed E-state index contributed by atoms with van der Waals surface area (Å²) in [5.74, 6) is -1.30. The summed E-state index contributed by atoms with van der Waals surface area (Å²) in [6, 6.07) is 6.66. The number of benzene rings is 1. The molecule has 2 aromatic rings. The van der Waals surface area contributed by atoms with Crippen LogP contribution in [0.1, 0.15) is 17.4 Å². The molecule has 20 heavy (non-hydrogen) atoms. The van der Waals surface area contributed by atoms with Gasteiger partial charge in [-0.2, -0.15) is 0 Å². The van der Waals surface area contributed by atoms with Crippen LogP contribution in [0.2, 0.25) is 0 Å². The first-order valence-electron chi connectivity index (χ1n) is 6.02. The Morgan fingerprint density at radius 1 is 1.25 bits per heavy atom. The number of halogens is 1. The van der Waals surface area contributed by atoms with Gasteiger partial charge in [0.25, 0.3) is 0 Å². The fourth-order valence-electron chi connectivity index (χ4n) is 2.01. The minimum atomic E-state index is -1.50. The Labute approximate surface area is 114 Å². The smallest absolute Gasteiger partial charge is 0.223 e. The number of aromatic nitrogens is 1. The molecule has 3 N–H and O–H groups in total. The van der Waals surface area contributed by atoms with E-state index < -0.39 is 23.1 Å². The van der Waals surface area contributed by atoms with E-state index in [2.05, 4.69) is 0 Å². The summed E-state index contributed by atoms with van der Waals surface area (Å²) in [5, 5.41) is 29.0. The monoisotopic (exact) mass is 279 g/mol. The average Bonchev–Trinajstić information content (AvgIpc) is 2.43. The number of rotatable bonds is 4. The van der Waals surface area contributed by atoms with Crippen molar-refractivity contribution in [2.75, 3.05) is 6.61 Å². The zero-order valence-electron chi connectivity index (χ0n) is 10.5. The van der Waals surface area contributed by atoms with Crippen molar-refractivity contribution in [1.29, 1.82) is 0 Å². The average molecular weight is 279 g/mol. The molecule has 1 aromatic heterocycles. The third-order valence-electron chi connectivity index (χ3n) is 2.99. The number of aromatic hydroxyl groups is 1. The molecule has 0 aliphatic rings. The van der Waals surface area contributed by atoms with E-state index in [4.69, 9.17) is 5.11 Å². The van der Waals surface area contributed by atoms with Gasteiger partial charge in [0.15, 0.2) is 5.75 Å². The molecule has 0 spiro atoms. The van der Waals surface area contributed by atoms with Crippen LogP contribution in [-0.4, -0.2) is 26.5 Å². The molecule has 6 heteroatoms. The molecule has 0 bridgehead atoms. The van der Waals surface area contributed by atoms with Crippen LogP contribution in [0.4, 0.5) is 4.39 Å². The first-order chi connectivity index (χ1) is 9.56. The summed E-state index contributed by atoms with van der Waals surface area (Å²) in [6.07, 6.45) is -0.172. The fraction of sp³-hybridized carbons (Fsp3) is 0.214. The molecule has 1 unspecified atom stereocenters. The van der Waals surface area contributed by atoms with Crippen molar-refractivity contribution >= 4 is 0 Å². The zero-order chi connectivity index (χ0) is 14.7. The maximum Gasteiger partial charge on any atom is 0.223 e. The van der Waals surface area contributed by atoms with Crippen molar-refractivity contribution in [3.05, 3.63) is 63.8 Å². The van der Waals surface area contributed by atoms with Gasteiger partial charge in [-0.05, 0) is 6.07 Å². The number of hydrogen-bond acceptors (Lipinski definition) is 4. The number of aliphatic hydroxyl groups excluding tert-OH is 2. The molecular formula is C14H14FNO4. The molecule has 0 amide bonds. The lowest BCUT2D eigenvalue weighted by atomic mass is 10.0. The third-order valence-corrected chi connectivity index (χ3v) is 2.99. The minimum Gasteiger partial charge on any atom is -0.503 e. The van der Waals surface area contributed by atoms with Gasteiger partial charge in [0, 0.05) is 24.4 Å². The molecule has 0 saturated heterocycles. The van der Waals surface area contributed by atoms with Gasteiger partial charge in [-0.15, -0.1) is 0 Å². The Bertz CT molecular complexity index is 668. The van der Waals surface area contributed by atoms with Crippen molar-refractivity contribution in [3.63, 3.8) is 0 Å². The van der Waals surface area contributed by atoms with Crippen molar-refractivity contribution in [1.82, 2.24) is 4.57 Å². The van der Waals surface area contributed by atoms with Crippen LogP contribution in [0.3, 0.4) is 0 Å². The lowest BCUT2D eigenvalue weighted by molar-refractivity contribution is 0.192. The Morgan fingerprint density at radius 2 is 1.95 bits per heavy atom. The van der Waals surface area contributed by atoms with Crippen molar-refractivity contribution < 1.29 is 19.7 Å². The number of pyridine rings is 1. The quantitative estimate of drug-likeness (QED) is 0.772. The van der Waals surface area contributed by atoms with Crippen molar-refractivity contribution in [3.8, 4) is 5.75 Å². The van der Waals surface area contributed by atoms with Crippen molar-refractivity contribution in [2.45, 2.75) is 12.6 Å². The molecule has 1 atom stereocenters. The molecule has 1 aromatic carbocycles. The van der Waals surface area contributed by atoms with E-state index in [9.17, 15) is 19.4 Å². The van der Waals surface area contributed by atoms with Crippen LogP contribution in [-0.2, 0) is 6.54 Å². The first-order valence-corrected chi connectivity index (χ1v) is 6.02.